The molecule has 90 valence electrons. The molecule has 0 aromatic carbocycles. The van der Waals surface area contributed by atoms with E-state index in [9.17, 15) is 4.79 Å². The van der Waals surface area contributed by atoms with Gasteiger partial charge in [0.1, 0.15) is 6.34 Å². The van der Waals surface area contributed by atoms with Crippen LogP contribution in [-0.2, 0) is 0 Å². The Morgan fingerprint density at radius 1 is 1.22 bits per heavy atom. The van der Waals surface area contributed by atoms with Gasteiger partial charge in [0, 0.05) is 5.92 Å². The van der Waals surface area contributed by atoms with Gasteiger partial charge in [0.25, 0.3) is 5.78 Å². The number of nitrogens with zero attached hydrogens (tertiary/aromatic N) is 6. The molecule has 4 rings (SSSR count). The third kappa shape index (κ3) is 1.24. The van der Waals surface area contributed by atoms with Crippen molar-refractivity contribution in [1.82, 2.24) is 19.6 Å². The van der Waals surface area contributed by atoms with Crippen molar-refractivity contribution < 1.29 is 0 Å². The highest BCUT2D eigenvalue weighted by Crippen LogP contribution is 2.31. The maximum Gasteiger partial charge on any atom is 0.304 e. The molecule has 0 bridgehead atoms. The number of aromatic nitrogens is 4. The van der Waals surface area contributed by atoms with Gasteiger partial charge in [0.05, 0.1) is 0 Å². The van der Waals surface area contributed by atoms with Crippen LogP contribution in [0.2, 0.25) is 0 Å². The Hall–Kier alpha value is -2.18. The summed E-state index contributed by atoms with van der Waals surface area (Å²) >= 11 is 0. The molecular weight excluding hydrogens is 232 g/mol. The van der Waals surface area contributed by atoms with Gasteiger partial charge in [-0.3, -0.25) is 4.79 Å². The zero-order valence-corrected chi connectivity index (χ0v) is 9.57. The van der Waals surface area contributed by atoms with Crippen LogP contribution in [0.25, 0.3) is 5.78 Å². The van der Waals surface area contributed by atoms with Crippen molar-refractivity contribution in [2.75, 3.05) is 0 Å². The van der Waals surface area contributed by atoms with Gasteiger partial charge in [-0.05, 0) is 12.8 Å². The lowest BCUT2D eigenvalue weighted by atomic mass is 10.1. The summed E-state index contributed by atoms with van der Waals surface area (Å²) in [6, 6.07) is 0. The number of rotatable bonds is 1. The van der Waals surface area contributed by atoms with Gasteiger partial charge in [0.2, 0.25) is 0 Å². The minimum atomic E-state index is -0.288. The van der Waals surface area contributed by atoms with E-state index in [0.29, 0.717) is 17.5 Å². The maximum atomic E-state index is 12.1. The SMILES string of the molecule is O=c1c2c(nc3nc(C4CCCC4)nn13)N=CN=2. The summed E-state index contributed by atoms with van der Waals surface area (Å²) in [5, 5.41) is 4.54. The van der Waals surface area contributed by atoms with Gasteiger partial charge in [0.15, 0.2) is 17.0 Å². The van der Waals surface area contributed by atoms with Gasteiger partial charge >= 0.3 is 5.56 Å². The Kier molecular flexibility index (Phi) is 1.86. The van der Waals surface area contributed by atoms with Crippen molar-refractivity contribution in [2.24, 2.45) is 9.98 Å². The Bertz CT molecular complexity index is 771. The Labute approximate surface area is 101 Å². The van der Waals surface area contributed by atoms with Gasteiger partial charge < -0.3 is 0 Å². The van der Waals surface area contributed by atoms with E-state index >= 15 is 0 Å². The summed E-state index contributed by atoms with van der Waals surface area (Å²) in [5.74, 6) is 1.76. The molecule has 2 aromatic heterocycles. The Morgan fingerprint density at radius 3 is 2.89 bits per heavy atom. The summed E-state index contributed by atoms with van der Waals surface area (Å²) < 4.78 is 1.24. The van der Waals surface area contributed by atoms with Crippen LogP contribution in [0, 0.1) is 0 Å². The fourth-order valence-corrected chi connectivity index (χ4v) is 2.57. The standard InChI is InChI=1S/C11H10N6O/c18-10-7-9(13-5-12-7)15-11-14-8(16-17(10)11)6-3-1-2-4-6/h5-6H,1-4H2. The van der Waals surface area contributed by atoms with Crippen LogP contribution in [0.15, 0.2) is 14.8 Å². The second-order valence-corrected chi connectivity index (χ2v) is 4.63. The molecule has 0 radical (unpaired) electrons. The van der Waals surface area contributed by atoms with E-state index in [1.54, 1.807) is 0 Å². The van der Waals surface area contributed by atoms with Crippen molar-refractivity contribution in [2.45, 2.75) is 31.6 Å². The van der Waals surface area contributed by atoms with Crippen molar-refractivity contribution in [3.63, 3.8) is 0 Å². The highest BCUT2D eigenvalue weighted by molar-refractivity contribution is 5.65. The van der Waals surface area contributed by atoms with Gasteiger partial charge in [-0.15, -0.1) is 5.10 Å². The molecule has 7 nitrogen and oxygen atoms in total. The summed E-state index contributed by atoms with van der Waals surface area (Å²) in [6.07, 6.45) is 5.92. The molecule has 0 unspecified atom stereocenters. The number of hydrogen-bond acceptors (Lipinski definition) is 6. The second kappa shape index (κ2) is 3.41. The molecule has 0 spiro atoms. The predicted molar refractivity (Wildman–Crippen MR) is 63.2 cm³/mol. The van der Waals surface area contributed by atoms with Gasteiger partial charge in [-0.25, -0.2) is 9.98 Å². The Morgan fingerprint density at radius 2 is 2.06 bits per heavy atom. The molecule has 1 aliphatic heterocycles. The van der Waals surface area contributed by atoms with Crippen LogP contribution < -0.4 is 10.9 Å². The maximum absolute atomic E-state index is 12.1. The minimum absolute atomic E-state index is 0.255. The van der Waals surface area contributed by atoms with E-state index in [0.717, 1.165) is 18.7 Å². The van der Waals surface area contributed by atoms with E-state index in [-0.39, 0.29) is 10.9 Å². The van der Waals surface area contributed by atoms with Crippen LogP contribution in [0.5, 0.6) is 0 Å². The molecule has 18 heavy (non-hydrogen) atoms. The van der Waals surface area contributed by atoms with Gasteiger partial charge in [-0.1, -0.05) is 12.8 Å². The molecule has 2 aromatic rings. The average Bonchev–Trinajstić information content (AvgIpc) is 3.08. The molecule has 1 fully saturated rings. The molecule has 2 aliphatic rings. The lowest BCUT2D eigenvalue weighted by Crippen LogP contribution is -2.31. The summed E-state index contributed by atoms with van der Waals surface area (Å²) in [5.41, 5.74) is -0.288. The number of aliphatic imine (C=N–C) groups is 1. The summed E-state index contributed by atoms with van der Waals surface area (Å²) in [6.45, 7) is 0. The highest BCUT2D eigenvalue weighted by atomic mass is 16.1. The van der Waals surface area contributed by atoms with Crippen LogP contribution in [-0.4, -0.2) is 25.9 Å². The highest BCUT2D eigenvalue weighted by Gasteiger charge is 2.23. The van der Waals surface area contributed by atoms with Gasteiger partial charge in [-0.2, -0.15) is 14.5 Å². The van der Waals surface area contributed by atoms with E-state index < -0.39 is 0 Å². The zero-order chi connectivity index (χ0) is 12.1. The lowest BCUT2D eigenvalue weighted by Gasteiger charge is -1.99. The molecule has 1 saturated carbocycles. The first-order valence-electron chi connectivity index (χ1n) is 6.04. The molecule has 1 aliphatic carbocycles. The molecular formula is C11H10N6O. The predicted octanol–water partition coefficient (Wildman–Crippen LogP) is 0.154. The topological polar surface area (TPSA) is 84.9 Å². The van der Waals surface area contributed by atoms with Crippen LogP contribution in [0.1, 0.15) is 37.4 Å². The lowest BCUT2D eigenvalue weighted by molar-refractivity contribution is 0.663. The second-order valence-electron chi connectivity index (χ2n) is 4.63. The van der Waals surface area contributed by atoms with Crippen LogP contribution >= 0.6 is 0 Å². The first-order chi connectivity index (χ1) is 8.83. The summed E-state index contributed by atoms with van der Waals surface area (Å²) in [7, 11) is 0. The first-order valence-corrected chi connectivity index (χ1v) is 6.04. The fourth-order valence-electron chi connectivity index (χ4n) is 2.57. The van der Waals surface area contributed by atoms with Crippen molar-refractivity contribution in [3.05, 3.63) is 21.5 Å². The third-order valence-corrected chi connectivity index (χ3v) is 3.51. The fraction of sp³-hybridized carbons (Fsp3) is 0.455. The molecule has 0 N–H and O–H groups in total. The summed E-state index contributed by atoms with van der Waals surface area (Å²) in [4.78, 5) is 28.5. The van der Waals surface area contributed by atoms with E-state index in [1.165, 1.54) is 23.7 Å². The largest absolute Gasteiger partial charge is 0.304 e. The van der Waals surface area contributed by atoms with E-state index in [2.05, 4.69) is 25.1 Å². The number of fused-ring (bicyclic) bond motifs is 2. The normalized spacial score (nSPS) is 18.4. The monoisotopic (exact) mass is 242 g/mol. The average molecular weight is 242 g/mol. The van der Waals surface area contributed by atoms with Crippen molar-refractivity contribution >= 4 is 17.9 Å². The number of hydrogen-bond donors (Lipinski definition) is 0. The Balaban J connectivity index is 1.96. The quantitative estimate of drug-likeness (QED) is 0.712. The molecule has 7 heteroatoms. The van der Waals surface area contributed by atoms with Crippen LogP contribution in [0.4, 0.5) is 5.82 Å². The van der Waals surface area contributed by atoms with Crippen molar-refractivity contribution in [3.8, 4) is 0 Å². The van der Waals surface area contributed by atoms with E-state index in [1.807, 2.05) is 0 Å². The smallest absolute Gasteiger partial charge is 0.265 e. The minimum Gasteiger partial charge on any atom is -0.265 e. The molecule has 3 heterocycles. The molecule has 0 amide bonds. The van der Waals surface area contributed by atoms with Crippen molar-refractivity contribution in [1.29, 1.82) is 0 Å². The third-order valence-electron chi connectivity index (χ3n) is 3.51. The van der Waals surface area contributed by atoms with Crippen LogP contribution in [0.3, 0.4) is 0 Å². The first kappa shape index (κ1) is 9.81. The molecule has 0 saturated heterocycles. The molecule has 0 atom stereocenters. The zero-order valence-electron chi connectivity index (χ0n) is 9.57. The van der Waals surface area contributed by atoms with E-state index in [4.69, 9.17) is 0 Å².